The van der Waals surface area contributed by atoms with Crippen molar-refractivity contribution < 1.29 is 19.8 Å². The van der Waals surface area contributed by atoms with Gasteiger partial charge in [0.2, 0.25) is 0 Å². The van der Waals surface area contributed by atoms with Crippen LogP contribution in [0.1, 0.15) is 30.1 Å². The van der Waals surface area contributed by atoms with Crippen LogP contribution < -0.4 is 0 Å². The number of likely N-dealkylation sites (tertiary alicyclic amines) is 1. The fourth-order valence-electron chi connectivity index (χ4n) is 2.24. The first kappa shape index (κ1) is 13.4. The highest BCUT2D eigenvalue weighted by Crippen LogP contribution is 2.32. The molecule has 1 aromatic rings. The van der Waals surface area contributed by atoms with Crippen molar-refractivity contribution in [3.63, 3.8) is 0 Å². The SMILES string of the molecule is CC1(C(=O)O)CCN(C(=O)c2ccccc2O)CC1. The third-order valence-electron chi connectivity index (χ3n) is 3.80. The van der Waals surface area contributed by atoms with Crippen molar-refractivity contribution in [1.82, 2.24) is 4.90 Å². The number of phenols is 1. The van der Waals surface area contributed by atoms with E-state index in [0.717, 1.165) is 0 Å². The molecule has 0 aromatic heterocycles. The molecule has 1 aromatic carbocycles. The van der Waals surface area contributed by atoms with Crippen LogP contribution in [-0.2, 0) is 4.79 Å². The van der Waals surface area contributed by atoms with Crippen LogP contribution in [0.2, 0.25) is 0 Å². The number of nitrogens with zero attached hydrogens (tertiary/aromatic N) is 1. The summed E-state index contributed by atoms with van der Waals surface area (Å²) in [4.78, 5) is 25.0. The Balaban J connectivity index is 2.08. The van der Waals surface area contributed by atoms with Gasteiger partial charge in [-0.3, -0.25) is 9.59 Å². The van der Waals surface area contributed by atoms with Crippen molar-refractivity contribution in [1.29, 1.82) is 0 Å². The number of hydrogen-bond donors (Lipinski definition) is 2. The zero-order valence-electron chi connectivity index (χ0n) is 10.8. The number of carbonyl (C=O) groups excluding carboxylic acids is 1. The molecule has 0 saturated carbocycles. The summed E-state index contributed by atoms with van der Waals surface area (Å²) in [7, 11) is 0. The van der Waals surface area contributed by atoms with Gasteiger partial charge in [-0.15, -0.1) is 0 Å². The minimum absolute atomic E-state index is 0.0425. The number of hydrogen-bond acceptors (Lipinski definition) is 3. The van der Waals surface area contributed by atoms with Crippen LogP contribution in [0.4, 0.5) is 0 Å². The third kappa shape index (κ3) is 2.54. The summed E-state index contributed by atoms with van der Waals surface area (Å²) < 4.78 is 0. The summed E-state index contributed by atoms with van der Waals surface area (Å²) in [6, 6.07) is 6.39. The monoisotopic (exact) mass is 263 g/mol. The molecule has 0 bridgehead atoms. The number of aromatic hydroxyl groups is 1. The molecule has 0 atom stereocenters. The Hall–Kier alpha value is -2.04. The van der Waals surface area contributed by atoms with E-state index in [0.29, 0.717) is 25.9 Å². The molecule has 2 rings (SSSR count). The molecule has 2 N–H and O–H groups in total. The van der Waals surface area contributed by atoms with Gasteiger partial charge in [-0.1, -0.05) is 12.1 Å². The van der Waals surface area contributed by atoms with Crippen LogP contribution in [0.3, 0.4) is 0 Å². The van der Waals surface area contributed by atoms with Gasteiger partial charge in [0.05, 0.1) is 11.0 Å². The van der Waals surface area contributed by atoms with E-state index in [1.807, 2.05) is 0 Å². The molecule has 1 fully saturated rings. The maximum atomic E-state index is 12.2. The highest BCUT2D eigenvalue weighted by molar-refractivity contribution is 5.97. The van der Waals surface area contributed by atoms with E-state index < -0.39 is 11.4 Å². The number of para-hydroxylation sites is 1. The lowest BCUT2D eigenvalue weighted by Crippen LogP contribution is -2.45. The van der Waals surface area contributed by atoms with E-state index in [1.54, 1.807) is 30.0 Å². The molecule has 1 aliphatic heterocycles. The Bertz CT molecular complexity index is 504. The van der Waals surface area contributed by atoms with Crippen LogP contribution >= 0.6 is 0 Å². The molecule has 5 heteroatoms. The summed E-state index contributed by atoms with van der Waals surface area (Å²) in [5.41, 5.74) is -0.489. The van der Waals surface area contributed by atoms with Crippen molar-refractivity contribution in [3.05, 3.63) is 29.8 Å². The number of piperidine rings is 1. The van der Waals surface area contributed by atoms with Gasteiger partial charge in [-0.2, -0.15) is 0 Å². The highest BCUT2D eigenvalue weighted by Gasteiger charge is 2.38. The molecule has 0 spiro atoms. The Labute approximate surface area is 111 Å². The summed E-state index contributed by atoms with van der Waals surface area (Å²) in [6.45, 7) is 2.50. The average molecular weight is 263 g/mol. The number of carboxylic acids is 1. The molecule has 19 heavy (non-hydrogen) atoms. The Kier molecular flexibility index (Phi) is 3.46. The summed E-state index contributed by atoms with van der Waals surface area (Å²) in [5, 5.41) is 18.8. The second kappa shape index (κ2) is 4.91. The van der Waals surface area contributed by atoms with Crippen LogP contribution in [0, 0.1) is 5.41 Å². The standard InChI is InChI=1S/C14H17NO4/c1-14(13(18)19)6-8-15(9-7-14)12(17)10-4-2-3-5-11(10)16/h2-5,16H,6-9H2,1H3,(H,18,19). The fourth-order valence-corrected chi connectivity index (χ4v) is 2.24. The van der Waals surface area contributed by atoms with E-state index in [9.17, 15) is 14.7 Å². The second-order valence-corrected chi connectivity index (χ2v) is 5.18. The van der Waals surface area contributed by atoms with Gasteiger partial charge in [0.25, 0.3) is 5.91 Å². The number of carbonyl (C=O) groups is 2. The largest absolute Gasteiger partial charge is 0.507 e. The van der Waals surface area contributed by atoms with Crippen molar-refractivity contribution in [2.45, 2.75) is 19.8 Å². The molecule has 0 unspecified atom stereocenters. The molecule has 0 aliphatic carbocycles. The van der Waals surface area contributed by atoms with Gasteiger partial charge in [0, 0.05) is 13.1 Å². The molecule has 5 nitrogen and oxygen atoms in total. The number of rotatable bonds is 2. The normalized spacial score (nSPS) is 18.1. The van der Waals surface area contributed by atoms with Crippen LogP contribution in [0.15, 0.2) is 24.3 Å². The first-order valence-electron chi connectivity index (χ1n) is 6.25. The highest BCUT2D eigenvalue weighted by atomic mass is 16.4. The molecule has 1 aliphatic rings. The Morgan fingerprint density at radius 3 is 2.32 bits per heavy atom. The lowest BCUT2D eigenvalue weighted by atomic mass is 9.80. The van der Waals surface area contributed by atoms with Gasteiger partial charge in [0.1, 0.15) is 5.75 Å². The first-order valence-corrected chi connectivity index (χ1v) is 6.25. The zero-order chi connectivity index (χ0) is 14.0. The molecule has 102 valence electrons. The molecular formula is C14H17NO4. The second-order valence-electron chi connectivity index (χ2n) is 5.18. The predicted molar refractivity (Wildman–Crippen MR) is 69.0 cm³/mol. The van der Waals surface area contributed by atoms with Gasteiger partial charge < -0.3 is 15.1 Å². The lowest BCUT2D eigenvalue weighted by Gasteiger charge is -2.36. The summed E-state index contributed by atoms with van der Waals surface area (Å²) >= 11 is 0. The van der Waals surface area contributed by atoms with E-state index in [4.69, 9.17) is 5.11 Å². The average Bonchev–Trinajstić information content (AvgIpc) is 2.39. The van der Waals surface area contributed by atoms with Crippen molar-refractivity contribution >= 4 is 11.9 Å². The van der Waals surface area contributed by atoms with E-state index >= 15 is 0 Å². The van der Waals surface area contributed by atoms with Gasteiger partial charge in [-0.25, -0.2) is 0 Å². The summed E-state index contributed by atoms with van der Waals surface area (Å²) in [6.07, 6.45) is 0.864. The maximum Gasteiger partial charge on any atom is 0.309 e. The first-order chi connectivity index (χ1) is 8.94. The number of aliphatic carboxylic acids is 1. The van der Waals surface area contributed by atoms with Crippen LogP contribution in [-0.4, -0.2) is 40.1 Å². The van der Waals surface area contributed by atoms with E-state index in [-0.39, 0.29) is 17.2 Å². The topological polar surface area (TPSA) is 77.8 Å². The van der Waals surface area contributed by atoms with Gasteiger partial charge in [0.15, 0.2) is 0 Å². The lowest BCUT2D eigenvalue weighted by molar-refractivity contribution is -0.150. The van der Waals surface area contributed by atoms with Gasteiger partial charge in [-0.05, 0) is 31.9 Å². The van der Waals surface area contributed by atoms with E-state index in [2.05, 4.69) is 0 Å². The van der Waals surface area contributed by atoms with E-state index in [1.165, 1.54) is 6.07 Å². The maximum absolute atomic E-state index is 12.2. The minimum atomic E-state index is -0.817. The van der Waals surface area contributed by atoms with Crippen molar-refractivity contribution in [2.24, 2.45) is 5.41 Å². The van der Waals surface area contributed by atoms with Crippen LogP contribution in [0.25, 0.3) is 0 Å². The third-order valence-corrected chi connectivity index (χ3v) is 3.80. The molecule has 1 saturated heterocycles. The molecule has 0 radical (unpaired) electrons. The number of phenolic OH excluding ortho intramolecular Hbond substituents is 1. The fraction of sp³-hybridized carbons (Fsp3) is 0.429. The Morgan fingerprint density at radius 2 is 1.79 bits per heavy atom. The van der Waals surface area contributed by atoms with Crippen molar-refractivity contribution in [2.75, 3.05) is 13.1 Å². The molecule has 1 amide bonds. The van der Waals surface area contributed by atoms with Crippen molar-refractivity contribution in [3.8, 4) is 5.75 Å². The predicted octanol–water partition coefficient (Wildman–Crippen LogP) is 1.72. The Morgan fingerprint density at radius 1 is 1.21 bits per heavy atom. The van der Waals surface area contributed by atoms with Gasteiger partial charge >= 0.3 is 5.97 Å². The number of benzene rings is 1. The zero-order valence-corrected chi connectivity index (χ0v) is 10.8. The minimum Gasteiger partial charge on any atom is -0.507 e. The smallest absolute Gasteiger partial charge is 0.309 e. The quantitative estimate of drug-likeness (QED) is 0.851. The number of amides is 1. The molecular weight excluding hydrogens is 246 g/mol. The van der Waals surface area contributed by atoms with Crippen LogP contribution in [0.5, 0.6) is 5.75 Å². The molecule has 1 heterocycles. The summed E-state index contributed by atoms with van der Waals surface area (Å²) in [5.74, 6) is -1.10. The number of carboxylic acid groups (broad SMARTS) is 1.